The summed E-state index contributed by atoms with van der Waals surface area (Å²) in [6, 6.07) is 7.33. The van der Waals surface area contributed by atoms with E-state index in [2.05, 4.69) is 33.0 Å². The maximum atomic E-state index is 12.0. The van der Waals surface area contributed by atoms with Gasteiger partial charge in [-0.2, -0.15) is 0 Å². The lowest BCUT2D eigenvalue weighted by molar-refractivity contribution is 0.375. The standard InChI is InChI=1S/C16H28N2O2S/c1-12(2)13(3)11-17-14(4)15-7-9-16(10-8-15)21(19,20)18(5)6/h7-10,12-14,17H,11H2,1-6H3. The molecule has 0 heterocycles. The number of hydrogen-bond acceptors (Lipinski definition) is 3. The van der Waals surface area contributed by atoms with E-state index >= 15 is 0 Å². The number of nitrogens with one attached hydrogen (secondary N) is 1. The topological polar surface area (TPSA) is 49.4 Å². The number of benzene rings is 1. The van der Waals surface area contributed by atoms with Gasteiger partial charge in [0.05, 0.1) is 4.90 Å². The van der Waals surface area contributed by atoms with Gasteiger partial charge in [0.2, 0.25) is 10.0 Å². The Hall–Kier alpha value is -0.910. The molecular formula is C16H28N2O2S. The summed E-state index contributed by atoms with van der Waals surface area (Å²) in [4.78, 5) is 0.332. The van der Waals surface area contributed by atoms with Gasteiger partial charge in [0.1, 0.15) is 0 Å². The first-order chi connectivity index (χ1) is 9.66. The second-order valence-electron chi connectivity index (χ2n) is 6.21. The molecule has 0 fully saturated rings. The monoisotopic (exact) mass is 312 g/mol. The van der Waals surface area contributed by atoms with E-state index in [1.807, 2.05) is 12.1 Å². The smallest absolute Gasteiger partial charge is 0.242 e. The summed E-state index contributed by atoms with van der Waals surface area (Å²) in [6.45, 7) is 9.73. The molecule has 4 nitrogen and oxygen atoms in total. The summed E-state index contributed by atoms with van der Waals surface area (Å²) in [5.74, 6) is 1.26. The molecule has 0 bridgehead atoms. The third-order valence-corrected chi connectivity index (χ3v) is 5.87. The molecule has 2 atom stereocenters. The van der Waals surface area contributed by atoms with Gasteiger partial charge in [-0.3, -0.25) is 0 Å². The van der Waals surface area contributed by atoms with Crippen LogP contribution < -0.4 is 5.32 Å². The van der Waals surface area contributed by atoms with E-state index in [9.17, 15) is 8.42 Å². The van der Waals surface area contributed by atoms with E-state index < -0.39 is 10.0 Å². The van der Waals surface area contributed by atoms with Crippen LogP contribution in [-0.4, -0.2) is 33.4 Å². The van der Waals surface area contributed by atoms with Crippen molar-refractivity contribution in [2.24, 2.45) is 11.8 Å². The van der Waals surface area contributed by atoms with Crippen molar-refractivity contribution >= 4 is 10.0 Å². The summed E-state index contributed by atoms with van der Waals surface area (Å²) in [7, 11) is -0.259. The fraction of sp³-hybridized carbons (Fsp3) is 0.625. The molecule has 0 spiro atoms. The van der Waals surface area contributed by atoms with Gasteiger partial charge >= 0.3 is 0 Å². The Morgan fingerprint density at radius 3 is 2.00 bits per heavy atom. The Labute approximate surface area is 129 Å². The van der Waals surface area contributed by atoms with E-state index in [1.54, 1.807) is 26.2 Å². The summed E-state index contributed by atoms with van der Waals surface area (Å²) >= 11 is 0. The molecule has 1 rings (SSSR count). The Morgan fingerprint density at radius 2 is 1.57 bits per heavy atom. The lowest BCUT2D eigenvalue weighted by Gasteiger charge is -2.21. The fourth-order valence-corrected chi connectivity index (χ4v) is 2.76. The molecule has 2 unspecified atom stereocenters. The van der Waals surface area contributed by atoms with Crippen LogP contribution in [0.5, 0.6) is 0 Å². The van der Waals surface area contributed by atoms with Crippen LogP contribution in [0.15, 0.2) is 29.2 Å². The number of hydrogen-bond donors (Lipinski definition) is 1. The molecule has 5 heteroatoms. The van der Waals surface area contributed by atoms with Crippen molar-refractivity contribution in [2.75, 3.05) is 20.6 Å². The Morgan fingerprint density at radius 1 is 1.05 bits per heavy atom. The van der Waals surface area contributed by atoms with Crippen molar-refractivity contribution in [1.82, 2.24) is 9.62 Å². The maximum Gasteiger partial charge on any atom is 0.242 e. The van der Waals surface area contributed by atoms with Crippen LogP contribution in [0.25, 0.3) is 0 Å². The van der Waals surface area contributed by atoms with Crippen molar-refractivity contribution in [3.63, 3.8) is 0 Å². The molecule has 0 radical (unpaired) electrons. The van der Waals surface area contributed by atoms with Crippen LogP contribution in [0.2, 0.25) is 0 Å². The molecule has 120 valence electrons. The van der Waals surface area contributed by atoms with E-state index in [-0.39, 0.29) is 6.04 Å². The average molecular weight is 312 g/mol. The van der Waals surface area contributed by atoms with Gasteiger partial charge in [-0.25, -0.2) is 12.7 Å². The average Bonchev–Trinajstić information content (AvgIpc) is 2.44. The Balaban J connectivity index is 2.74. The van der Waals surface area contributed by atoms with Crippen LogP contribution in [0, 0.1) is 11.8 Å². The predicted molar refractivity (Wildman–Crippen MR) is 87.7 cm³/mol. The van der Waals surface area contributed by atoms with Gasteiger partial charge in [0.25, 0.3) is 0 Å². The zero-order valence-corrected chi connectivity index (χ0v) is 14.7. The van der Waals surface area contributed by atoms with Crippen molar-refractivity contribution in [1.29, 1.82) is 0 Å². The Bertz CT molecular complexity index is 536. The van der Waals surface area contributed by atoms with Crippen LogP contribution in [0.3, 0.4) is 0 Å². The molecule has 1 aromatic rings. The summed E-state index contributed by atoms with van der Waals surface area (Å²) in [6.07, 6.45) is 0. The molecule has 1 aromatic carbocycles. The number of nitrogens with zero attached hydrogens (tertiary/aromatic N) is 1. The molecule has 21 heavy (non-hydrogen) atoms. The van der Waals surface area contributed by atoms with Crippen molar-refractivity contribution in [2.45, 2.75) is 38.6 Å². The van der Waals surface area contributed by atoms with E-state index in [0.717, 1.165) is 12.1 Å². The molecule has 0 saturated carbocycles. The summed E-state index contributed by atoms with van der Waals surface area (Å²) < 4.78 is 25.3. The van der Waals surface area contributed by atoms with Gasteiger partial charge in [-0.1, -0.05) is 32.9 Å². The second kappa shape index (κ2) is 7.38. The van der Waals surface area contributed by atoms with Crippen molar-refractivity contribution < 1.29 is 8.42 Å². The second-order valence-corrected chi connectivity index (χ2v) is 8.36. The van der Waals surface area contributed by atoms with Crippen LogP contribution in [0.1, 0.15) is 39.3 Å². The normalized spacial score (nSPS) is 15.4. The van der Waals surface area contributed by atoms with Crippen LogP contribution in [-0.2, 0) is 10.0 Å². The van der Waals surface area contributed by atoms with Crippen LogP contribution >= 0.6 is 0 Å². The lowest BCUT2D eigenvalue weighted by atomic mass is 9.97. The highest BCUT2D eigenvalue weighted by atomic mass is 32.2. The highest BCUT2D eigenvalue weighted by Gasteiger charge is 2.17. The quantitative estimate of drug-likeness (QED) is 0.842. The number of rotatable bonds is 7. The molecule has 0 saturated heterocycles. The first kappa shape index (κ1) is 18.1. The zero-order chi connectivity index (χ0) is 16.2. The first-order valence-electron chi connectivity index (χ1n) is 7.42. The van der Waals surface area contributed by atoms with Gasteiger partial charge in [0.15, 0.2) is 0 Å². The molecular weight excluding hydrogens is 284 g/mol. The van der Waals surface area contributed by atoms with E-state index in [4.69, 9.17) is 0 Å². The van der Waals surface area contributed by atoms with Gasteiger partial charge in [0, 0.05) is 20.1 Å². The predicted octanol–water partition coefficient (Wildman–Crippen LogP) is 2.88. The third kappa shape index (κ3) is 4.80. The highest BCUT2D eigenvalue weighted by Crippen LogP contribution is 2.19. The largest absolute Gasteiger partial charge is 0.310 e. The van der Waals surface area contributed by atoms with E-state index in [1.165, 1.54) is 4.31 Å². The molecule has 0 aromatic heterocycles. The number of sulfonamides is 1. The minimum absolute atomic E-state index is 0.210. The minimum atomic E-state index is -3.34. The summed E-state index contributed by atoms with van der Waals surface area (Å²) in [5, 5.41) is 3.50. The highest BCUT2D eigenvalue weighted by molar-refractivity contribution is 7.89. The molecule has 1 N–H and O–H groups in total. The Kier molecular flexibility index (Phi) is 6.38. The third-order valence-electron chi connectivity index (χ3n) is 4.04. The van der Waals surface area contributed by atoms with Crippen molar-refractivity contribution in [3.05, 3.63) is 29.8 Å². The molecule has 0 aliphatic heterocycles. The lowest BCUT2D eigenvalue weighted by Crippen LogP contribution is -2.27. The van der Waals surface area contributed by atoms with Gasteiger partial charge in [-0.05, 0) is 43.0 Å². The summed E-state index contributed by atoms with van der Waals surface area (Å²) in [5.41, 5.74) is 1.10. The van der Waals surface area contributed by atoms with Gasteiger partial charge < -0.3 is 5.32 Å². The maximum absolute atomic E-state index is 12.0. The zero-order valence-electron chi connectivity index (χ0n) is 13.9. The minimum Gasteiger partial charge on any atom is -0.310 e. The SMILES string of the molecule is CC(NCC(C)C(C)C)c1ccc(S(=O)(=O)N(C)C)cc1. The molecule has 0 amide bonds. The molecule has 0 aliphatic carbocycles. The first-order valence-corrected chi connectivity index (χ1v) is 8.86. The van der Waals surface area contributed by atoms with Crippen molar-refractivity contribution in [3.8, 4) is 0 Å². The van der Waals surface area contributed by atoms with E-state index in [0.29, 0.717) is 16.7 Å². The van der Waals surface area contributed by atoms with Gasteiger partial charge in [-0.15, -0.1) is 0 Å². The molecule has 0 aliphatic rings. The van der Waals surface area contributed by atoms with Crippen LogP contribution in [0.4, 0.5) is 0 Å². The fourth-order valence-electron chi connectivity index (χ4n) is 1.86.